The van der Waals surface area contributed by atoms with Gasteiger partial charge in [-0.2, -0.15) is 0 Å². The monoisotopic (exact) mass is 878 g/mol. The van der Waals surface area contributed by atoms with Crippen LogP contribution in [-0.2, 0) is 10.8 Å². The first kappa shape index (κ1) is 37.8. The summed E-state index contributed by atoms with van der Waals surface area (Å²) in [6.07, 6.45) is 7.28. The normalized spacial score (nSPS) is 16.2. The van der Waals surface area contributed by atoms with Crippen LogP contribution in [0.3, 0.4) is 0 Å². The van der Waals surface area contributed by atoms with Crippen LogP contribution in [0.15, 0.2) is 170 Å². The van der Waals surface area contributed by atoms with E-state index in [0.717, 1.165) is 67.8 Å². The van der Waals surface area contributed by atoms with Gasteiger partial charge in [-0.15, -0.1) is 0 Å². The van der Waals surface area contributed by atoms with Gasteiger partial charge >= 0.3 is 14.0 Å². The summed E-state index contributed by atoms with van der Waals surface area (Å²) < 4.78 is 14.0. The molecule has 7 aromatic carbocycles. The van der Waals surface area contributed by atoms with Crippen LogP contribution in [0.2, 0.25) is 0 Å². The molecule has 9 aromatic rings. The summed E-state index contributed by atoms with van der Waals surface area (Å²) in [7, 11) is 0. The summed E-state index contributed by atoms with van der Waals surface area (Å²) in [6, 6.07) is 51.6. The van der Waals surface area contributed by atoms with E-state index in [0.29, 0.717) is 11.6 Å². The molecule has 0 saturated carbocycles. The molecule has 322 valence electrons. The Morgan fingerprint density at radius 2 is 0.735 bits per heavy atom. The van der Waals surface area contributed by atoms with Gasteiger partial charge in [-0.3, -0.25) is 0 Å². The van der Waals surface area contributed by atoms with Gasteiger partial charge in [-0.05, 0) is 96.1 Å². The Bertz CT molecular complexity index is 3420. The molecule has 2 aromatic heterocycles. The van der Waals surface area contributed by atoms with Crippen LogP contribution in [0, 0.1) is 0 Å². The minimum Gasteiger partial charge on any atom is -0.456 e. The van der Waals surface area contributed by atoms with E-state index in [1.165, 1.54) is 45.0 Å². The van der Waals surface area contributed by atoms with Gasteiger partial charge in [0.15, 0.2) is 11.6 Å². The fourth-order valence-corrected chi connectivity index (χ4v) is 12.3. The molecule has 0 amide bonds. The number of para-hydroxylation sites is 6. The number of rotatable bonds is 2. The molecule has 6 aliphatic rings. The second kappa shape index (κ2) is 13.2. The Hall–Kier alpha value is -8.37. The molecule has 0 fully saturated rings. The van der Waals surface area contributed by atoms with Crippen molar-refractivity contribution in [3.8, 4) is 45.8 Å². The number of aromatic nitrogens is 4. The van der Waals surface area contributed by atoms with Gasteiger partial charge in [0, 0.05) is 80.2 Å². The third-order valence-corrected chi connectivity index (χ3v) is 15.2. The predicted octanol–water partition coefficient (Wildman–Crippen LogP) is 11.5. The summed E-state index contributed by atoms with van der Waals surface area (Å²) >= 11 is 0. The lowest BCUT2D eigenvalue weighted by Gasteiger charge is -2.46. The molecule has 15 rings (SSSR count). The Labute approximate surface area is 394 Å². The topological polar surface area (TPSA) is 83.0 Å². The van der Waals surface area contributed by atoms with Gasteiger partial charge in [0.1, 0.15) is 23.0 Å². The number of ether oxygens (including phenoxy) is 2. The maximum atomic E-state index is 7.01. The molecule has 0 unspecified atom stereocenters. The number of anilines is 8. The van der Waals surface area contributed by atoms with Crippen molar-refractivity contribution in [1.82, 2.24) is 19.9 Å². The fraction of sp³-hybridized carbons (Fsp3) is 0.107. The number of hydrogen-bond donors (Lipinski definition) is 0. The summed E-state index contributed by atoms with van der Waals surface area (Å²) in [5.74, 6) is 4.66. The Kier molecular flexibility index (Phi) is 7.32. The van der Waals surface area contributed by atoms with E-state index in [9.17, 15) is 0 Å². The zero-order valence-corrected chi connectivity index (χ0v) is 37.7. The van der Waals surface area contributed by atoms with Crippen molar-refractivity contribution < 1.29 is 9.47 Å². The van der Waals surface area contributed by atoms with Crippen molar-refractivity contribution in [2.45, 2.75) is 38.5 Å². The first-order valence-electron chi connectivity index (χ1n) is 23.3. The van der Waals surface area contributed by atoms with E-state index in [-0.39, 0.29) is 14.0 Å². The largest absolute Gasteiger partial charge is 0.456 e. The van der Waals surface area contributed by atoms with Crippen molar-refractivity contribution in [2.24, 2.45) is 0 Å². The average molecular weight is 879 g/mol. The first-order valence-corrected chi connectivity index (χ1v) is 23.3. The number of benzene rings is 7. The van der Waals surface area contributed by atoms with E-state index in [2.05, 4.69) is 180 Å². The lowest BCUT2D eigenvalue weighted by Crippen LogP contribution is -2.55. The molecular formula is C56H40B2N8O2. The van der Waals surface area contributed by atoms with Gasteiger partial charge in [-0.1, -0.05) is 88.4 Å². The third-order valence-electron chi connectivity index (χ3n) is 15.2. The van der Waals surface area contributed by atoms with Crippen molar-refractivity contribution in [1.29, 1.82) is 0 Å². The lowest BCUT2D eigenvalue weighted by atomic mass is 9.61. The molecule has 0 spiro atoms. The molecule has 0 bridgehead atoms. The number of hydrogen-bond acceptors (Lipinski definition) is 10. The zero-order valence-electron chi connectivity index (χ0n) is 37.7. The second-order valence-corrected chi connectivity index (χ2v) is 19.4. The zero-order chi connectivity index (χ0) is 45.2. The predicted molar refractivity (Wildman–Crippen MR) is 271 cm³/mol. The molecule has 68 heavy (non-hydrogen) atoms. The van der Waals surface area contributed by atoms with Crippen LogP contribution in [0.4, 0.5) is 45.5 Å². The highest BCUT2D eigenvalue weighted by molar-refractivity contribution is 6.87. The highest BCUT2D eigenvalue weighted by Gasteiger charge is 2.62. The minimum atomic E-state index is -0.563. The summed E-state index contributed by atoms with van der Waals surface area (Å²) in [6.45, 7) is 9.00. The van der Waals surface area contributed by atoms with Gasteiger partial charge in [0.2, 0.25) is 0 Å². The Morgan fingerprint density at radius 1 is 0.382 bits per heavy atom. The van der Waals surface area contributed by atoms with Gasteiger partial charge in [0.05, 0.1) is 34.1 Å². The van der Waals surface area contributed by atoms with E-state index in [1.54, 1.807) is 0 Å². The minimum absolute atomic E-state index is 0.318. The quantitative estimate of drug-likeness (QED) is 0.157. The van der Waals surface area contributed by atoms with Gasteiger partial charge in [0.25, 0.3) is 0 Å². The van der Waals surface area contributed by atoms with E-state index < -0.39 is 10.8 Å². The Morgan fingerprint density at radius 3 is 1.15 bits per heavy atom. The van der Waals surface area contributed by atoms with Gasteiger partial charge < -0.3 is 28.7 Å². The molecule has 0 N–H and O–H groups in total. The summed E-state index contributed by atoms with van der Waals surface area (Å²) in [5, 5.41) is 0. The lowest BCUT2D eigenvalue weighted by molar-refractivity contribution is 0.489. The van der Waals surface area contributed by atoms with Crippen LogP contribution in [0.5, 0.6) is 23.0 Å². The molecular weight excluding hydrogens is 838 g/mol. The van der Waals surface area contributed by atoms with E-state index in [1.807, 2.05) is 36.9 Å². The highest BCUT2D eigenvalue weighted by atomic mass is 16.5. The van der Waals surface area contributed by atoms with Gasteiger partial charge in [-0.25, -0.2) is 19.9 Å². The number of nitrogens with zero attached hydrogens (tertiary/aromatic N) is 8. The van der Waals surface area contributed by atoms with Crippen molar-refractivity contribution in [2.75, 3.05) is 19.2 Å². The van der Waals surface area contributed by atoms with Crippen LogP contribution < -0.4 is 39.6 Å². The Balaban J connectivity index is 1.14. The maximum absolute atomic E-state index is 7.01. The SMILES string of the molecule is CC1(C)c2cc(-c3ncccn3)ccc2N2B3c4ccccc4Oc4ccccc4N3c3c2c1c1c2c3C(C)(C)c3cc(-c4ncccn4)ccc3N2B2c3ccccc3Oc3ccccc3N21. The van der Waals surface area contributed by atoms with Crippen LogP contribution in [-0.4, -0.2) is 33.9 Å². The van der Waals surface area contributed by atoms with E-state index >= 15 is 0 Å². The van der Waals surface area contributed by atoms with Crippen LogP contribution in [0.25, 0.3) is 22.8 Å². The third kappa shape index (κ3) is 4.73. The molecule has 0 atom stereocenters. The smallest absolute Gasteiger partial charge is 0.424 e. The maximum Gasteiger partial charge on any atom is 0.424 e. The van der Waals surface area contributed by atoms with Crippen molar-refractivity contribution in [3.05, 3.63) is 193 Å². The van der Waals surface area contributed by atoms with Crippen LogP contribution >= 0.6 is 0 Å². The second-order valence-electron chi connectivity index (χ2n) is 19.4. The molecule has 6 aliphatic heterocycles. The van der Waals surface area contributed by atoms with Crippen molar-refractivity contribution >= 4 is 70.4 Å². The summed E-state index contributed by atoms with van der Waals surface area (Å²) in [4.78, 5) is 29.5. The van der Waals surface area contributed by atoms with Crippen molar-refractivity contribution in [3.63, 3.8) is 0 Å². The molecule has 0 radical (unpaired) electrons. The van der Waals surface area contributed by atoms with Crippen LogP contribution in [0.1, 0.15) is 49.9 Å². The summed E-state index contributed by atoms with van der Waals surface area (Å²) in [5.41, 5.74) is 16.8. The molecule has 12 heteroatoms. The highest BCUT2D eigenvalue weighted by Crippen LogP contribution is 2.71. The molecule has 8 heterocycles. The standard InChI is InChI=1S/C56H40B2N8O2/c1-55(2)35-31-33(53-59-27-13-28-60-53)23-25-39(35)63-49-47(55)51-50-48(52(49)66-42-18-8-12-22-46(42)68-43-19-9-5-15-37(43)57(63)66)56(3,4)36-32-34(54-61-29-14-30-62-54)24-26-40(36)64(50)58-38-16-6-10-20-44(38)67-45-21-11-7-17-41(45)65(51)58/h5-32H,1-4H3. The first-order chi connectivity index (χ1) is 33.3. The average Bonchev–Trinajstić information content (AvgIpc) is 3.79. The fourth-order valence-electron chi connectivity index (χ4n) is 12.3. The number of fused-ring (bicyclic) bond motifs is 20. The van der Waals surface area contributed by atoms with E-state index in [4.69, 9.17) is 29.4 Å². The molecule has 0 saturated heterocycles. The molecule has 0 aliphatic carbocycles. The molecule has 10 nitrogen and oxygen atoms in total.